The first-order valence-corrected chi connectivity index (χ1v) is 8.67. The molecule has 0 aliphatic heterocycles. The Bertz CT molecular complexity index is 207. The van der Waals surface area contributed by atoms with Crippen molar-refractivity contribution in [3.05, 3.63) is 0 Å². The Kier molecular flexibility index (Phi) is 9.96. The molecular formula is C10H22BrO4P. The van der Waals surface area contributed by atoms with Gasteiger partial charge in [-0.1, -0.05) is 15.9 Å². The van der Waals surface area contributed by atoms with Crippen LogP contribution in [0.3, 0.4) is 0 Å². The summed E-state index contributed by atoms with van der Waals surface area (Å²) in [7, 11) is -2.85. The zero-order valence-corrected chi connectivity index (χ0v) is 12.8. The van der Waals surface area contributed by atoms with Crippen LogP contribution in [0.5, 0.6) is 0 Å². The van der Waals surface area contributed by atoms with Gasteiger partial charge in [-0.25, -0.2) is 0 Å². The van der Waals surface area contributed by atoms with Crippen LogP contribution in [-0.4, -0.2) is 37.3 Å². The summed E-state index contributed by atoms with van der Waals surface area (Å²) in [4.78, 5) is 0. The molecule has 0 spiro atoms. The first-order valence-electron chi connectivity index (χ1n) is 5.67. The van der Waals surface area contributed by atoms with Crippen molar-refractivity contribution in [2.45, 2.75) is 33.2 Å². The summed E-state index contributed by atoms with van der Waals surface area (Å²) in [6.45, 7) is 6.89. The van der Waals surface area contributed by atoms with Crippen LogP contribution in [0.15, 0.2) is 0 Å². The summed E-state index contributed by atoms with van der Waals surface area (Å²) in [6.07, 6.45) is 1.27. The Hall–Kier alpha value is 0.590. The van der Waals surface area contributed by atoms with Crippen molar-refractivity contribution < 1.29 is 18.6 Å². The summed E-state index contributed by atoms with van der Waals surface area (Å²) in [5.41, 5.74) is 0. The number of halogens is 1. The molecule has 0 rings (SSSR count). The van der Waals surface area contributed by atoms with Gasteiger partial charge in [0.2, 0.25) is 6.03 Å². The van der Waals surface area contributed by atoms with Gasteiger partial charge in [0, 0.05) is 24.7 Å². The minimum atomic E-state index is -2.85. The van der Waals surface area contributed by atoms with Gasteiger partial charge >= 0.3 is 0 Å². The van der Waals surface area contributed by atoms with E-state index in [0.717, 1.165) is 11.8 Å². The molecule has 0 saturated heterocycles. The highest BCUT2D eigenvalue weighted by Crippen LogP contribution is 2.53. The molecule has 0 fully saturated rings. The van der Waals surface area contributed by atoms with Crippen LogP contribution in [0, 0.1) is 0 Å². The normalized spacial score (nSPS) is 15.3. The number of hydrogen-bond acceptors (Lipinski definition) is 4. The maximum Gasteiger partial charge on any atom is 0.257 e. The van der Waals surface area contributed by atoms with Gasteiger partial charge in [0.25, 0.3) is 7.37 Å². The second-order valence-electron chi connectivity index (χ2n) is 3.13. The lowest BCUT2D eigenvalue weighted by Crippen LogP contribution is -2.21. The Morgan fingerprint density at radius 2 is 1.69 bits per heavy atom. The van der Waals surface area contributed by atoms with Crippen LogP contribution in [0.25, 0.3) is 0 Å². The van der Waals surface area contributed by atoms with E-state index in [9.17, 15) is 4.57 Å². The molecule has 1 atom stereocenters. The SMILES string of the molecule is CCOC(OCC)[P@](=O)(CCCBr)OCC. The molecule has 6 heteroatoms. The van der Waals surface area contributed by atoms with Gasteiger partial charge in [-0.05, 0) is 27.2 Å². The van der Waals surface area contributed by atoms with E-state index in [2.05, 4.69) is 15.9 Å². The maximum absolute atomic E-state index is 12.6. The predicted molar refractivity (Wildman–Crippen MR) is 69.6 cm³/mol. The summed E-state index contributed by atoms with van der Waals surface area (Å²) in [5.74, 6) is 0. The zero-order chi connectivity index (χ0) is 12.4. The van der Waals surface area contributed by atoms with Crippen molar-refractivity contribution >= 4 is 23.3 Å². The Morgan fingerprint density at radius 3 is 2.06 bits per heavy atom. The van der Waals surface area contributed by atoms with Crippen molar-refractivity contribution in [2.75, 3.05) is 31.3 Å². The Labute approximate surface area is 107 Å². The van der Waals surface area contributed by atoms with Gasteiger partial charge in [-0.3, -0.25) is 4.57 Å². The molecule has 0 aromatic rings. The van der Waals surface area contributed by atoms with E-state index in [1.165, 1.54) is 0 Å². The van der Waals surface area contributed by atoms with Crippen molar-refractivity contribution in [3.63, 3.8) is 0 Å². The molecule has 0 N–H and O–H groups in total. The van der Waals surface area contributed by atoms with E-state index in [1.54, 1.807) is 0 Å². The van der Waals surface area contributed by atoms with E-state index in [1.807, 2.05) is 20.8 Å². The average Bonchev–Trinajstić information content (AvgIpc) is 2.26. The Balaban J connectivity index is 4.58. The minimum Gasteiger partial charge on any atom is -0.345 e. The van der Waals surface area contributed by atoms with Crippen LogP contribution in [0.2, 0.25) is 0 Å². The molecule has 0 aliphatic rings. The smallest absolute Gasteiger partial charge is 0.257 e. The van der Waals surface area contributed by atoms with Crippen LogP contribution in [0.4, 0.5) is 0 Å². The molecule has 16 heavy (non-hydrogen) atoms. The highest BCUT2D eigenvalue weighted by Gasteiger charge is 2.34. The summed E-state index contributed by atoms with van der Waals surface area (Å²) >= 11 is 3.32. The minimum absolute atomic E-state index is 0.413. The lowest BCUT2D eigenvalue weighted by Gasteiger charge is -2.26. The molecule has 0 radical (unpaired) electrons. The molecular weight excluding hydrogens is 295 g/mol. The third-order valence-corrected chi connectivity index (χ3v) is 5.03. The van der Waals surface area contributed by atoms with Crippen LogP contribution in [0.1, 0.15) is 27.2 Å². The summed E-state index contributed by atoms with van der Waals surface area (Å²) in [5, 5.41) is 0.801. The second-order valence-corrected chi connectivity index (χ2v) is 6.50. The van der Waals surface area contributed by atoms with E-state index in [4.69, 9.17) is 14.0 Å². The van der Waals surface area contributed by atoms with Crippen molar-refractivity contribution in [3.8, 4) is 0 Å². The second kappa shape index (κ2) is 9.60. The predicted octanol–water partition coefficient (Wildman–Crippen LogP) is 3.44. The molecule has 0 saturated carbocycles. The van der Waals surface area contributed by atoms with Gasteiger partial charge in [0.05, 0.1) is 6.61 Å². The monoisotopic (exact) mass is 316 g/mol. The van der Waals surface area contributed by atoms with E-state index in [0.29, 0.717) is 26.0 Å². The van der Waals surface area contributed by atoms with Crippen LogP contribution < -0.4 is 0 Å². The quantitative estimate of drug-likeness (QED) is 0.352. The largest absolute Gasteiger partial charge is 0.345 e. The van der Waals surface area contributed by atoms with Crippen molar-refractivity contribution in [1.82, 2.24) is 0 Å². The number of ether oxygens (including phenoxy) is 2. The van der Waals surface area contributed by atoms with E-state index >= 15 is 0 Å². The van der Waals surface area contributed by atoms with Gasteiger partial charge < -0.3 is 14.0 Å². The lowest BCUT2D eigenvalue weighted by atomic mass is 10.6. The fourth-order valence-corrected chi connectivity index (χ4v) is 4.25. The van der Waals surface area contributed by atoms with E-state index in [-0.39, 0.29) is 0 Å². The average molecular weight is 317 g/mol. The fraction of sp³-hybridized carbons (Fsp3) is 1.00. The molecule has 0 aromatic heterocycles. The van der Waals surface area contributed by atoms with Gasteiger partial charge in [-0.2, -0.15) is 0 Å². The molecule has 98 valence electrons. The standard InChI is InChI=1S/C10H22BrO4P/c1-4-13-10(14-5-2)16(12,15-6-3)9-7-8-11/h10H,4-9H2,1-3H3/t16-/m0/s1. The van der Waals surface area contributed by atoms with Crippen molar-refractivity contribution in [2.24, 2.45) is 0 Å². The molecule has 0 amide bonds. The topological polar surface area (TPSA) is 44.8 Å². The number of hydrogen-bond donors (Lipinski definition) is 0. The molecule has 0 bridgehead atoms. The maximum atomic E-state index is 12.6. The van der Waals surface area contributed by atoms with Gasteiger partial charge in [0.1, 0.15) is 0 Å². The molecule has 0 unspecified atom stereocenters. The van der Waals surface area contributed by atoms with Crippen LogP contribution in [-0.2, 0) is 18.6 Å². The summed E-state index contributed by atoms with van der Waals surface area (Å²) < 4.78 is 28.7. The Morgan fingerprint density at radius 1 is 1.12 bits per heavy atom. The zero-order valence-electron chi connectivity index (χ0n) is 10.3. The number of rotatable bonds is 10. The molecule has 0 heterocycles. The third-order valence-electron chi connectivity index (χ3n) is 1.89. The molecule has 0 aliphatic carbocycles. The highest BCUT2D eigenvalue weighted by molar-refractivity contribution is 9.09. The van der Waals surface area contributed by atoms with Crippen LogP contribution >= 0.6 is 23.3 Å². The molecule has 0 aromatic carbocycles. The first-order chi connectivity index (χ1) is 7.64. The first kappa shape index (κ1) is 16.6. The van der Waals surface area contributed by atoms with Crippen molar-refractivity contribution in [1.29, 1.82) is 0 Å². The fourth-order valence-electron chi connectivity index (χ4n) is 1.29. The van der Waals surface area contributed by atoms with Gasteiger partial charge in [0.15, 0.2) is 0 Å². The lowest BCUT2D eigenvalue weighted by molar-refractivity contribution is -0.0888. The van der Waals surface area contributed by atoms with E-state index < -0.39 is 13.4 Å². The van der Waals surface area contributed by atoms with Gasteiger partial charge in [-0.15, -0.1) is 0 Å². The third kappa shape index (κ3) is 5.78. The molecule has 4 nitrogen and oxygen atoms in total. The summed E-state index contributed by atoms with van der Waals surface area (Å²) in [6, 6.07) is -0.721. The highest BCUT2D eigenvalue weighted by atomic mass is 79.9. The number of alkyl halides is 1.